The lowest BCUT2D eigenvalue weighted by Gasteiger charge is -2.53. The zero-order valence-electron chi connectivity index (χ0n) is 19.9. The molecule has 0 aliphatic heterocycles. The molecule has 0 amide bonds. The van der Waals surface area contributed by atoms with Crippen molar-refractivity contribution in [2.45, 2.75) is 76.6 Å². The van der Waals surface area contributed by atoms with Gasteiger partial charge in [0.2, 0.25) is 0 Å². The molecule has 0 saturated heterocycles. The Labute approximate surface area is 188 Å². The van der Waals surface area contributed by atoms with Crippen LogP contribution in [0.2, 0.25) is 19.6 Å². The normalized spacial score (nSPS) is 34.3. The topological polar surface area (TPSA) is 60.7 Å². The highest BCUT2D eigenvalue weighted by Gasteiger charge is 2.64. The summed E-state index contributed by atoms with van der Waals surface area (Å²) in [6.07, 6.45) is 6.33. The second-order valence-electron chi connectivity index (χ2n) is 10.8. The van der Waals surface area contributed by atoms with Gasteiger partial charge in [0.05, 0.1) is 13.2 Å². The first kappa shape index (κ1) is 22.6. The van der Waals surface area contributed by atoms with Crippen LogP contribution in [0, 0.1) is 28.6 Å². The van der Waals surface area contributed by atoms with Gasteiger partial charge in [-0.15, -0.1) is 0 Å². The number of methoxy groups -OCH3 is 2. The third-order valence-corrected chi connectivity index (χ3v) is 9.08. The van der Waals surface area contributed by atoms with Gasteiger partial charge in [0.15, 0.2) is 26.6 Å². The van der Waals surface area contributed by atoms with Crippen molar-refractivity contribution in [1.29, 1.82) is 5.26 Å². The standard InChI is InChI=1S/C25H37NO4Si/c1-24-11-9-18-19(21(24)10-12-25(24,15-26)30-31(4,5)6)8-7-17-13-23(29-16-27-2)22(28-3)14-20(17)18/h13-14,18-19,21H,7-12,16H2,1-6H3/t18-,19+,21-,24-,25+/m0/s1. The number of benzene rings is 1. The molecule has 2 fully saturated rings. The first-order valence-electron chi connectivity index (χ1n) is 11.6. The van der Waals surface area contributed by atoms with Crippen molar-refractivity contribution in [3.8, 4) is 17.6 Å². The Kier molecular flexibility index (Phi) is 5.91. The predicted molar refractivity (Wildman–Crippen MR) is 123 cm³/mol. The number of fused-ring (bicyclic) bond motifs is 5. The summed E-state index contributed by atoms with van der Waals surface area (Å²) in [4.78, 5) is 0. The van der Waals surface area contributed by atoms with Crippen LogP contribution < -0.4 is 9.47 Å². The number of nitrogens with zero attached hydrogens (tertiary/aromatic N) is 1. The van der Waals surface area contributed by atoms with Gasteiger partial charge < -0.3 is 18.6 Å². The van der Waals surface area contributed by atoms with E-state index in [0.717, 1.165) is 43.6 Å². The summed E-state index contributed by atoms with van der Waals surface area (Å²) in [6.45, 7) is 9.19. The predicted octanol–water partition coefficient (Wildman–Crippen LogP) is 5.65. The molecule has 170 valence electrons. The van der Waals surface area contributed by atoms with Crippen molar-refractivity contribution in [3.63, 3.8) is 0 Å². The molecule has 0 bridgehead atoms. The molecule has 3 aliphatic rings. The van der Waals surface area contributed by atoms with Crippen molar-refractivity contribution in [2.75, 3.05) is 21.0 Å². The molecule has 4 rings (SSSR count). The van der Waals surface area contributed by atoms with E-state index < -0.39 is 13.9 Å². The van der Waals surface area contributed by atoms with Gasteiger partial charge in [-0.2, -0.15) is 5.26 Å². The Morgan fingerprint density at radius 1 is 1.10 bits per heavy atom. The van der Waals surface area contributed by atoms with E-state index in [-0.39, 0.29) is 12.2 Å². The number of ether oxygens (including phenoxy) is 3. The van der Waals surface area contributed by atoms with E-state index >= 15 is 0 Å². The van der Waals surface area contributed by atoms with E-state index in [9.17, 15) is 5.26 Å². The smallest absolute Gasteiger partial charge is 0.188 e. The quantitative estimate of drug-likeness (QED) is 0.420. The monoisotopic (exact) mass is 443 g/mol. The van der Waals surface area contributed by atoms with Crippen LogP contribution in [0.4, 0.5) is 0 Å². The number of hydrogen-bond donors (Lipinski definition) is 0. The highest BCUT2D eigenvalue weighted by Crippen LogP contribution is 2.65. The number of nitriles is 1. The highest BCUT2D eigenvalue weighted by atomic mass is 28.4. The van der Waals surface area contributed by atoms with Crippen molar-refractivity contribution in [2.24, 2.45) is 17.3 Å². The minimum Gasteiger partial charge on any atom is -0.493 e. The van der Waals surface area contributed by atoms with Gasteiger partial charge in [-0.3, -0.25) is 0 Å². The minimum absolute atomic E-state index is 0.0632. The molecular formula is C25H37NO4Si. The van der Waals surface area contributed by atoms with Crippen molar-refractivity contribution in [3.05, 3.63) is 23.3 Å². The Morgan fingerprint density at radius 3 is 2.52 bits per heavy atom. The van der Waals surface area contributed by atoms with E-state index in [2.05, 4.69) is 44.8 Å². The van der Waals surface area contributed by atoms with Crippen LogP contribution in [-0.4, -0.2) is 34.9 Å². The third-order valence-electron chi connectivity index (χ3n) is 8.12. The largest absolute Gasteiger partial charge is 0.493 e. The fourth-order valence-corrected chi connectivity index (χ4v) is 8.29. The molecule has 1 aromatic carbocycles. The summed E-state index contributed by atoms with van der Waals surface area (Å²) in [5, 5.41) is 10.3. The van der Waals surface area contributed by atoms with Gasteiger partial charge >= 0.3 is 0 Å². The molecule has 31 heavy (non-hydrogen) atoms. The number of rotatable bonds is 6. The van der Waals surface area contributed by atoms with Gasteiger partial charge in [0.25, 0.3) is 0 Å². The van der Waals surface area contributed by atoms with Crippen LogP contribution in [0.5, 0.6) is 11.5 Å². The van der Waals surface area contributed by atoms with E-state index in [0.29, 0.717) is 17.8 Å². The average Bonchev–Trinajstić information content (AvgIpc) is 3.02. The Morgan fingerprint density at radius 2 is 1.87 bits per heavy atom. The summed E-state index contributed by atoms with van der Waals surface area (Å²) < 4.78 is 23.2. The van der Waals surface area contributed by atoms with Crippen molar-refractivity contribution in [1.82, 2.24) is 0 Å². The van der Waals surface area contributed by atoms with Crippen LogP contribution in [0.1, 0.15) is 56.1 Å². The van der Waals surface area contributed by atoms with E-state index in [1.165, 1.54) is 17.5 Å². The molecular weight excluding hydrogens is 406 g/mol. The van der Waals surface area contributed by atoms with Crippen molar-refractivity contribution < 1.29 is 18.6 Å². The molecule has 0 heterocycles. The summed E-state index contributed by atoms with van der Waals surface area (Å²) in [7, 11) is 1.50. The SMILES string of the molecule is COCOc1cc2c(cc1OC)[C@H]1CC[C@@]3(C)[C@@H](CC[C@]3(C#N)O[Si](C)(C)C)[C@@H]1CC2. The maximum absolute atomic E-state index is 10.3. The highest BCUT2D eigenvalue weighted by molar-refractivity contribution is 6.69. The zero-order valence-corrected chi connectivity index (χ0v) is 20.9. The molecule has 6 heteroatoms. The third kappa shape index (κ3) is 3.69. The lowest BCUT2D eigenvalue weighted by Crippen LogP contribution is -2.54. The summed E-state index contributed by atoms with van der Waals surface area (Å²) in [5.74, 6) is 3.20. The maximum atomic E-state index is 10.3. The van der Waals surface area contributed by atoms with Crippen LogP contribution >= 0.6 is 0 Å². The Bertz CT molecular complexity index is 875. The first-order chi connectivity index (χ1) is 14.7. The molecule has 5 atom stereocenters. The second kappa shape index (κ2) is 8.10. The van der Waals surface area contributed by atoms with E-state index in [4.69, 9.17) is 18.6 Å². The number of hydrogen-bond acceptors (Lipinski definition) is 5. The van der Waals surface area contributed by atoms with E-state index in [1.54, 1.807) is 14.2 Å². The van der Waals surface area contributed by atoms with E-state index in [1.807, 2.05) is 0 Å². The van der Waals surface area contributed by atoms with Gasteiger partial charge in [0.1, 0.15) is 5.60 Å². The fourth-order valence-electron chi connectivity index (χ4n) is 6.87. The average molecular weight is 444 g/mol. The molecule has 0 aromatic heterocycles. The van der Waals surface area contributed by atoms with Gasteiger partial charge in [0, 0.05) is 12.5 Å². The van der Waals surface area contributed by atoms with Gasteiger partial charge in [-0.25, -0.2) is 0 Å². The lowest BCUT2D eigenvalue weighted by molar-refractivity contribution is -0.0550. The van der Waals surface area contributed by atoms with Crippen LogP contribution in [0.25, 0.3) is 0 Å². The van der Waals surface area contributed by atoms with Crippen LogP contribution in [0.3, 0.4) is 0 Å². The molecule has 0 spiro atoms. The van der Waals surface area contributed by atoms with Crippen LogP contribution in [0.15, 0.2) is 12.1 Å². The summed E-state index contributed by atoms with van der Waals surface area (Å²) in [6, 6.07) is 7.05. The Hall–Kier alpha value is -1.55. The fraction of sp³-hybridized carbons (Fsp3) is 0.720. The van der Waals surface area contributed by atoms with Gasteiger partial charge in [-0.1, -0.05) is 6.92 Å². The van der Waals surface area contributed by atoms with Crippen molar-refractivity contribution >= 4 is 8.32 Å². The molecule has 1 aromatic rings. The zero-order chi connectivity index (χ0) is 22.4. The molecule has 0 radical (unpaired) electrons. The molecule has 0 unspecified atom stereocenters. The second-order valence-corrected chi connectivity index (χ2v) is 15.2. The maximum Gasteiger partial charge on any atom is 0.188 e. The summed E-state index contributed by atoms with van der Waals surface area (Å²) in [5.41, 5.74) is 2.11. The molecule has 0 N–H and O–H groups in total. The molecule has 2 saturated carbocycles. The first-order valence-corrected chi connectivity index (χ1v) is 15.0. The molecule has 3 aliphatic carbocycles. The van der Waals surface area contributed by atoms with Gasteiger partial charge in [-0.05, 0) is 99.2 Å². The van der Waals surface area contributed by atoms with Crippen LogP contribution in [-0.2, 0) is 15.6 Å². The lowest BCUT2D eigenvalue weighted by atomic mass is 9.53. The number of aryl methyl sites for hydroxylation is 1. The Balaban J connectivity index is 1.66. The summed E-state index contributed by atoms with van der Waals surface area (Å²) >= 11 is 0. The molecule has 5 nitrogen and oxygen atoms in total. The minimum atomic E-state index is -1.83.